The van der Waals surface area contributed by atoms with Crippen molar-refractivity contribution in [2.45, 2.75) is 33.7 Å². The van der Waals surface area contributed by atoms with E-state index in [1.807, 2.05) is 58.0 Å². The molecular weight excluding hydrogens is 406 g/mol. The summed E-state index contributed by atoms with van der Waals surface area (Å²) in [4.78, 5) is 12.5. The fourth-order valence-corrected chi connectivity index (χ4v) is 3.87. The molecule has 0 aliphatic rings. The van der Waals surface area contributed by atoms with E-state index >= 15 is 0 Å². The van der Waals surface area contributed by atoms with Gasteiger partial charge in [0.2, 0.25) is 5.91 Å². The normalized spacial score (nSPS) is 12.6. The summed E-state index contributed by atoms with van der Waals surface area (Å²) in [7, 11) is 3.27. The van der Waals surface area contributed by atoms with E-state index in [1.54, 1.807) is 26.6 Å². The van der Waals surface area contributed by atoms with Crippen LogP contribution in [0.5, 0.6) is 11.5 Å². The van der Waals surface area contributed by atoms with Gasteiger partial charge < -0.3 is 23.9 Å². The number of fused-ring (bicyclic) bond motifs is 1. The highest BCUT2D eigenvalue weighted by molar-refractivity contribution is 6.02. The Balaban J connectivity index is 2.13. The molecule has 0 saturated carbocycles. The van der Waals surface area contributed by atoms with E-state index in [4.69, 9.17) is 18.6 Å². The first-order valence-electron chi connectivity index (χ1n) is 10.7. The van der Waals surface area contributed by atoms with Gasteiger partial charge in [-0.25, -0.2) is 0 Å². The van der Waals surface area contributed by atoms with Crippen LogP contribution in [0.25, 0.3) is 27.7 Å². The molecule has 6 heteroatoms. The lowest BCUT2D eigenvalue weighted by molar-refractivity contribution is -0.117. The summed E-state index contributed by atoms with van der Waals surface area (Å²) >= 11 is 0. The van der Waals surface area contributed by atoms with Gasteiger partial charge in [-0.2, -0.15) is 0 Å². The van der Waals surface area contributed by atoms with Gasteiger partial charge in [-0.1, -0.05) is 18.2 Å². The van der Waals surface area contributed by atoms with Crippen molar-refractivity contribution in [2.24, 2.45) is 0 Å². The number of nitrogens with one attached hydrogen (secondary N) is 1. The maximum Gasteiger partial charge on any atom is 0.244 e. The Labute approximate surface area is 189 Å². The first kappa shape index (κ1) is 23.4. The molecule has 1 unspecified atom stereocenters. The van der Waals surface area contributed by atoms with E-state index in [0.717, 1.165) is 44.5 Å². The van der Waals surface area contributed by atoms with Crippen molar-refractivity contribution in [3.05, 3.63) is 53.8 Å². The Morgan fingerprint density at radius 3 is 2.66 bits per heavy atom. The minimum absolute atomic E-state index is 0.0850. The Bertz CT molecular complexity index is 1130. The molecule has 170 valence electrons. The number of ether oxygens (including phenoxy) is 3. The quantitative estimate of drug-likeness (QED) is 0.456. The largest absolute Gasteiger partial charge is 0.496 e. The first-order chi connectivity index (χ1) is 15.4. The highest BCUT2D eigenvalue weighted by Gasteiger charge is 2.20. The molecule has 0 aliphatic carbocycles. The highest BCUT2D eigenvalue weighted by Crippen LogP contribution is 2.42. The number of carbonyl (C=O) groups is 1. The van der Waals surface area contributed by atoms with Gasteiger partial charge in [-0.3, -0.25) is 4.79 Å². The number of furan rings is 1. The number of rotatable bonds is 9. The van der Waals surface area contributed by atoms with Gasteiger partial charge in [0.15, 0.2) is 0 Å². The van der Waals surface area contributed by atoms with Gasteiger partial charge in [-0.15, -0.1) is 0 Å². The van der Waals surface area contributed by atoms with Gasteiger partial charge in [0.1, 0.15) is 17.1 Å². The van der Waals surface area contributed by atoms with E-state index in [2.05, 4.69) is 5.32 Å². The molecule has 3 aromatic rings. The van der Waals surface area contributed by atoms with Crippen LogP contribution in [-0.4, -0.2) is 39.4 Å². The van der Waals surface area contributed by atoms with E-state index < -0.39 is 0 Å². The molecule has 0 saturated heterocycles. The van der Waals surface area contributed by atoms with Crippen molar-refractivity contribution in [3.63, 3.8) is 0 Å². The van der Waals surface area contributed by atoms with Crippen LogP contribution in [0.4, 0.5) is 0 Å². The van der Waals surface area contributed by atoms with Crippen LogP contribution in [-0.2, 0) is 9.53 Å². The monoisotopic (exact) mass is 437 g/mol. The smallest absolute Gasteiger partial charge is 0.244 e. The number of para-hydroxylation sites is 1. The van der Waals surface area contributed by atoms with E-state index in [9.17, 15) is 4.79 Å². The SMILES string of the molecule is CCOc1c(/C(C)=C/C(=O)NC(C)COC)cc2c(-c3ccccc3OC)coc2c1C. The van der Waals surface area contributed by atoms with Crippen molar-refractivity contribution >= 4 is 22.4 Å². The molecule has 0 fully saturated rings. The molecule has 0 radical (unpaired) electrons. The fourth-order valence-electron chi connectivity index (χ4n) is 3.87. The summed E-state index contributed by atoms with van der Waals surface area (Å²) in [6.45, 7) is 8.67. The summed E-state index contributed by atoms with van der Waals surface area (Å²) < 4.78 is 22.6. The van der Waals surface area contributed by atoms with E-state index in [1.165, 1.54) is 0 Å². The molecule has 32 heavy (non-hydrogen) atoms. The molecule has 1 heterocycles. The van der Waals surface area contributed by atoms with Gasteiger partial charge >= 0.3 is 0 Å². The third-order valence-corrected chi connectivity index (χ3v) is 5.31. The molecule has 0 spiro atoms. The predicted octanol–water partition coefficient (Wildman–Crippen LogP) is 5.37. The van der Waals surface area contributed by atoms with Crippen LogP contribution in [0.1, 0.15) is 31.9 Å². The van der Waals surface area contributed by atoms with Crippen molar-refractivity contribution in [1.29, 1.82) is 0 Å². The van der Waals surface area contributed by atoms with Crippen molar-refractivity contribution in [2.75, 3.05) is 27.4 Å². The Kier molecular flexibility index (Phi) is 7.59. The highest BCUT2D eigenvalue weighted by atomic mass is 16.5. The second-order valence-electron chi connectivity index (χ2n) is 7.73. The van der Waals surface area contributed by atoms with Crippen molar-refractivity contribution in [1.82, 2.24) is 5.32 Å². The number of amides is 1. The topological polar surface area (TPSA) is 69.9 Å². The van der Waals surface area contributed by atoms with Gasteiger partial charge in [0.25, 0.3) is 0 Å². The number of allylic oxidation sites excluding steroid dienone is 1. The summed E-state index contributed by atoms with van der Waals surface area (Å²) in [5, 5.41) is 3.85. The number of hydrogen-bond donors (Lipinski definition) is 1. The van der Waals surface area contributed by atoms with Gasteiger partial charge in [-0.05, 0) is 45.4 Å². The second kappa shape index (κ2) is 10.4. The van der Waals surface area contributed by atoms with E-state index in [0.29, 0.717) is 19.0 Å². The van der Waals surface area contributed by atoms with Crippen LogP contribution >= 0.6 is 0 Å². The third kappa shape index (κ3) is 4.81. The van der Waals surface area contributed by atoms with Gasteiger partial charge in [0.05, 0.1) is 26.6 Å². The Hall–Kier alpha value is -3.25. The molecule has 6 nitrogen and oxygen atoms in total. The maximum atomic E-state index is 12.5. The van der Waals surface area contributed by atoms with Crippen LogP contribution in [0.3, 0.4) is 0 Å². The minimum atomic E-state index is -0.176. The molecular formula is C26H31NO5. The molecule has 1 amide bonds. The minimum Gasteiger partial charge on any atom is -0.496 e. The molecule has 1 atom stereocenters. The summed E-state index contributed by atoms with van der Waals surface area (Å²) in [5.41, 5.74) is 5.16. The second-order valence-corrected chi connectivity index (χ2v) is 7.73. The number of hydrogen-bond acceptors (Lipinski definition) is 5. The maximum absolute atomic E-state index is 12.5. The van der Waals surface area contributed by atoms with Gasteiger partial charge in [0, 0.05) is 46.9 Å². The van der Waals surface area contributed by atoms with Crippen LogP contribution in [0.15, 0.2) is 47.1 Å². The molecule has 2 aromatic carbocycles. The zero-order valence-corrected chi connectivity index (χ0v) is 19.6. The summed E-state index contributed by atoms with van der Waals surface area (Å²) in [5.74, 6) is 1.30. The number of benzene rings is 2. The van der Waals surface area contributed by atoms with Crippen LogP contribution in [0, 0.1) is 6.92 Å². The average Bonchev–Trinajstić information content (AvgIpc) is 3.19. The average molecular weight is 438 g/mol. The Morgan fingerprint density at radius 1 is 1.22 bits per heavy atom. The molecule has 0 bridgehead atoms. The summed E-state index contributed by atoms with van der Waals surface area (Å²) in [6.07, 6.45) is 3.34. The zero-order valence-electron chi connectivity index (χ0n) is 19.6. The Morgan fingerprint density at radius 2 is 1.97 bits per heavy atom. The number of carbonyl (C=O) groups excluding carboxylic acids is 1. The first-order valence-corrected chi connectivity index (χ1v) is 10.7. The molecule has 0 aliphatic heterocycles. The van der Waals surface area contributed by atoms with Crippen LogP contribution < -0.4 is 14.8 Å². The van der Waals surface area contributed by atoms with E-state index in [-0.39, 0.29) is 11.9 Å². The molecule has 3 rings (SSSR count). The molecule has 1 N–H and O–H groups in total. The number of aryl methyl sites for hydroxylation is 1. The zero-order chi connectivity index (χ0) is 23.3. The number of methoxy groups -OCH3 is 2. The summed E-state index contributed by atoms with van der Waals surface area (Å²) in [6, 6.07) is 9.77. The lowest BCUT2D eigenvalue weighted by Gasteiger charge is -2.16. The lowest BCUT2D eigenvalue weighted by Crippen LogP contribution is -2.34. The standard InChI is InChI=1S/C26H31NO5/c1-7-31-25-18(4)26-21(22(15-32-26)19-10-8-9-11-23(19)30-6)13-20(25)16(2)12-24(28)27-17(3)14-29-5/h8-13,15,17H,7,14H2,1-6H3,(H,27,28)/b16-12+. The lowest BCUT2D eigenvalue weighted by atomic mass is 9.96. The molecule has 1 aromatic heterocycles. The van der Waals surface area contributed by atoms with Crippen molar-refractivity contribution in [3.8, 4) is 22.6 Å². The fraction of sp³-hybridized carbons (Fsp3) is 0.346. The van der Waals surface area contributed by atoms with Crippen molar-refractivity contribution < 1.29 is 23.4 Å². The third-order valence-electron chi connectivity index (χ3n) is 5.31. The van der Waals surface area contributed by atoms with Crippen LogP contribution in [0.2, 0.25) is 0 Å². The predicted molar refractivity (Wildman–Crippen MR) is 127 cm³/mol.